The van der Waals surface area contributed by atoms with Crippen molar-refractivity contribution in [2.75, 3.05) is 25.0 Å². The van der Waals surface area contributed by atoms with E-state index in [2.05, 4.69) is 39.2 Å². The van der Waals surface area contributed by atoms with Crippen molar-refractivity contribution in [2.45, 2.75) is 57.0 Å². The summed E-state index contributed by atoms with van der Waals surface area (Å²) < 4.78 is 0. The number of rotatable bonds is 5. The Balaban J connectivity index is 1.16. The maximum Gasteiger partial charge on any atom is 0.151 e. The van der Waals surface area contributed by atoms with Crippen molar-refractivity contribution in [1.29, 1.82) is 0 Å². The first-order chi connectivity index (χ1) is 12.3. The lowest BCUT2D eigenvalue weighted by Gasteiger charge is -2.44. The highest BCUT2D eigenvalue weighted by Gasteiger charge is 2.32. The number of aromatic nitrogens is 3. The molecule has 0 unspecified atom stereocenters. The van der Waals surface area contributed by atoms with Gasteiger partial charge in [-0.05, 0) is 57.7 Å². The van der Waals surface area contributed by atoms with Gasteiger partial charge in [-0.1, -0.05) is 0 Å². The Kier molecular flexibility index (Phi) is 3.97. The molecule has 3 aliphatic rings. The maximum atomic E-state index is 4.88. The first-order valence-electron chi connectivity index (χ1n) is 9.52. The highest BCUT2D eigenvalue weighted by Crippen LogP contribution is 2.39. The van der Waals surface area contributed by atoms with Crippen molar-refractivity contribution in [2.24, 2.45) is 0 Å². The van der Waals surface area contributed by atoms with E-state index in [9.17, 15) is 0 Å². The average molecular weight is 356 g/mol. The van der Waals surface area contributed by atoms with Crippen molar-refractivity contribution >= 4 is 17.2 Å². The molecule has 2 aliphatic carbocycles. The van der Waals surface area contributed by atoms with E-state index in [0.717, 1.165) is 25.5 Å². The van der Waals surface area contributed by atoms with Crippen molar-refractivity contribution < 1.29 is 0 Å². The normalized spacial score (nSPS) is 20.6. The lowest BCUT2D eigenvalue weighted by molar-refractivity contribution is 0.196. The molecule has 1 saturated carbocycles. The number of thiazole rings is 1. The van der Waals surface area contributed by atoms with E-state index in [1.807, 2.05) is 11.3 Å². The lowest BCUT2D eigenvalue weighted by atomic mass is 10.0. The molecule has 1 saturated heterocycles. The van der Waals surface area contributed by atoms with Crippen molar-refractivity contribution in [3.63, 3.8) is 0 Å². The van der Waals surface area contributed by atoms with E-state index in [4.69, 9.17) is 4.98 Å². The van der Waals surface area contributed by atoms with E-state index < -0.39 is 0 Å². The molecule has 0 atom stereocenters. The van der Waals surface area contributed by atoms with Crippen molar-refractivity contribution in [3.05, 3.63) is 33.4 Å². The van der Waals surface area contributed by atoms with Crippen LogP contribution in [0.25, 0.3) is 0 Å². The van der Waals surface area contributed by atoms with E-state index in [0.29, 0.717) is 12.0 Å². The molecule has 0 aromatic carbocycles. The van der Waals surface area contributed by atoms with Crippen LogP contribution in [0.5, 0.6) is 0 Å². The van der Waals surface area contributed by atoms with E-state index in [1.54, 1.807) is 0 Å². The predicted molar refractivity (Wildman–Crippen MR) is 100 cm³/mol. The second-order valence-electron chi connectivity index (χ2n) is 7.75. The topological polar surface area (TPSA) is 45.2 Å². The number of aryl methyl sites for hydroxylation is 2. The van der Waals surface area contributed by atoms with Gasteiger partial charge in [-0.15, -0.1) is 16.4 Å². The highest BCUT2D eigenvalue weighted by atomic mass is 32.1. The molecular weight excluding hydrogens is 330 g/mol. The smallest absolute Gasteiger partial charge is 0.151 e. The summed E-state index contributed by atoms with van der Waals surface area (Å²) in [6.45, 7) is 3.06. The third kappa shape index (κ3) is 3.17. The van der Waals surface area contributed by atoms with E-state index in [1.165, 1.54) is 59.8 Å². The van der Waals surface area contributed by atoms with Crippen molar-refractivity contribution in [1.82, 2.24) is 20.1 Å². The Bertz CT molecular complexity index is 722. The summed E-state index contributed by atoms with van der Waals surface area (Å²) in [5.74, 6) is 1.71. The van der Waals surface area contributed by atoms with Gasteiger partial charge in [0, 0.05) is 29.9 Å². The zero-order valence-electron chi connectivity index (χ0n) is 14.8. The first-order valence-corrected chi connectivity index (χ1v) is 10.3. The lowest BCUT2D eigenvalue weighted by Crippen LogP contribution is -2.58. The summed E-state index contributed by atoms with van der Waals surface area (Å²) in [6, 6.07) is 4.90. The highest BCUT2D eigenvalue weighted by molar-refractivity contribution is 7.11. The average Bonchev–Trinajstić information content (AvgIpc) is 3.34. The van der Waals surface area contributed by atoms with Crippen LogP contribution in [0.15, 0.2) is 12.1 Å². The summed E-state index contributed by atoms with van der Waals surface area (Å²) in [5, 5.41) is 10.1. The monoisotopic (exact) mass is 355 g/mol. The molecule has 25 heavy (non-hydrogen) atoms. The molecule has 0 amide bonds. The van der Waals surface area contributed by atoms with Gasteiger partial charge in [0.2, 0.25) is 0 Å². The number of fused-ring (bicyclic) bond motifs is 1. The molecular formula is C19H25N5S. The minimum Gasteiger partial charge on any atom is -0.352 e. The standard InChI is InChI=1S/C19H25N5S/c1-23(12-19-20-16-4-2-3-5-17(16)25-19)14-10-24(11-14)18-9-8-15(21-22-18)13-6-7-13/h8-9,13-14H,2-7,10-12H2,1H3. The number of hydrogen-bond acceptors (Lipinski definition) is 6. The van der Waals surface area contributed by atoms with E-state index >= 15 is 0 Å². The minimum absolute atomic E-state index is 0.589. The molecule has 1 aliphatic heterocycles. The summed E-state index contributed by atoms with van der Waals surface area (Å²) in [7, 11) is 2.23. The quantitative estimate of drug-likeness (QED) is 0.825. The van der Waals surface area contributed by atoms with Crippen LogP contribution in [0.1, 0.15) is 52.9 Å². The van der Waals surface area contributed by atoms with Gasteiger partial charge in [0.25, 0.3) is 0 Å². The third-order valence-corrected chi connectivity index (χ3v) is 6.89. The summed E-state index contributed by atoms with van der Waals surface area (Å²) in [6.07, 6.45) is 7.63. The van der Waals surface area contributed by atoms with Gasteiger partial charge in [-0.2, -0.15) is 5.10 Å². The Hall–Kier alpha value is -1.53. The zero-order valence-corrected chi connectivity index (χ0v) is 15.6. The molecule has 132 valence electrons. The van der Waals surface area contributed by atoms with Crippen molar-refractivity contribution in [3.8, 4) is 0 Å². The Morgan fingerprint density at radius 2 is 2.00 bits per heavy atom. The van der Waals surface area contributed by atoms with Gasteiger partial charge >= 0.3 is 0 Å². The Labute approximate surface area is 153 Å². The van der Waals surface area contributed by atoms with Crippen LogP contribution in [0.2, 0.25) is 0 Å². The second kappa shape index (κ2) is 6.32. The molecule has 2 aromatic heterocycles. The van der Waals surface area contributed by atoms with Crippen LogP contribution < -0.4 is 4.90 Å². The number of hydrogen-bond donors (Lipinski definition) is 0. The minimum atomic E-state index is 0.589. The third-order valence-electron chi connectivity index (χ3n) is 5.75. The van der Waals surface area contributed by atoms with Gasteiger partial charge in [-0.3, -0.25) is 4.90 Å². The summed E-state index contributed by atoms with van der Waals surface area (Å²) >= 11 is 1.93. The fourth-order valence-electron chi connectivity index (χ4n) is 3.84. The molecule has 0 spiro atoms. The van der Waals surface area contributed by atoms with E-state index in [-0.39, 0.29) is 0 Å². The molecule has 0 bridgehead atoms. The van der Waals surface area contributed by atoms with Crippen LogP contribution in [-0.4, -0.2) is 46.3 Å². The molecule has 5 rings (SSSR count). The zero-order chi connectivity index (χ0) is 16.8. The fraction of sp³-hybridized carbons (Fsp3) is 0.632. The van der Waals surface area contributed by atoms with Gasteiger partial charge in [0.15, 0.2) is 5.82 Å². The van der Waals surface area contributed by atoms with Gasteiger partial charge < -0.3 is 4.90 Å². The molecule has 2 fully saturated rings. The van der Waals surface area contributed by atoms with Crippen LogP contribution >= 0.6 is 11.3 Å². The number of likely N-dealkylation sites (N-methyl/N-ethyl adjacent to an activating group) is 1. The fourth-order valence-corrected chi connectivity index (χ4v) is 5.06. The molecule has 6 heteroatoms. The Morgan fingerprint density at radius 3 is 2.72 bits per heavy atom. The maximum absolute atomic E-state index is 4.88. The molecule has 3 heterocycles. The second-order valence-corrected chi connectivity index (χ2v) is 8.92. The number of anilines is 1. The molecule has 5 nitrogen and oxygen atoms in total. The largest absolute Gasteiger partial charge is 0.352 e. The molecule has 2 aromatic rings. The Morgan fingerprint density at radius 1 is 1.16 bits per heavy atom. The molecule has 0 N–H and O–H groups in total. The number of nitrogens with zero attached hydrogens (tertiary/aromatic N) is 5. The summed E-state index contributed by atoms with van der Waals surface area (Å²) in [4.78, 5) is 11.2. The van der Waals surface area contributed by atoms with Crippen LogP contribution in [0.3, 0.4) is 0 Å². The predicted octanol–water partition coefficient (Wildman–Crippen LogP) is 3.01. The van der Waals surface area contributed by atoms with Crippen LogP contribution in [0, 0.1) is 0 Å². The van der Waals surface area contributed by atoms with Gasteiger partial charge in [0.1, 0.15) is 5.01 Å². The van der Waals surface area contributed by atoms with Crippen LogP contribution in [0.4, 0.5) is 5.82 Å². The van der Waals surface area contributed by atoms with Crippen LogP contribution in [-0.2, 0) is 19.4 Å². The van der Waals surface area contributed by atoms with Gasteiger partial charge in [-0.25, -0.2) is 4.98 Å². The molecule has 0 radical (unpaired) electrons. The first kappa shape index (κ1) is 15.7. The summed E-state index contributed by atoms with van der Waals surface area (Å²) in [5.41, 5.74) is 2.55. The van der Waals surface area contributed by atoms with Gasteiger partial charge in [0.05, 0.1) is 17.9 Å². The SMILES string of the molecule is CN(Cc1nc2c(s1)CCCC2)C1CN(c2ccc(C3CC3)nn2)C1.